The summed E-state index contributed by atoms with van der Waals surface area (Å²) < 4.78 is 42.1. The summed E-state index contributed by atoms with van der Waals surface area (Å²) in [7, 11) is 0. The molecule has 146 valence electrons. The maximum Gasteiger partial charge on any atom is 0.573 e. The van der Waals surface area contributed by atoms with Gasteiger partial charge in [0.15, 0.2) is 5.82 Å². The van der Waals surface area contributed by atoms with E-state index in [1.807, 2.05) is 19.1 Å². The molecule has 6 nitrogen and oxygen atoms in total. The number of anilines is 2. The highest BCUT2D eigenvalue weighted by molar-refractivity contribution is 6.04. The molecule has 3 N–H and O–H groups in total. The summed E-state index contributed by atoms with van der Waals surface area (Å²) in [5.74, 6) is -0.567. The number of benzene rings is 2. The molecule has 9 heteroatoms. The molecule has 0 unspecified atom stereocenters. The van der Waals surface area contributed by atoms with Gasteiger partial charge in [-0.15, -0.1) is 13.2 Å². The number of hydrogen-bond donors (Lipinski definition) is 2. The Morgan fingerprint density at radius 1 is 1.14 bits per heavy atom. The van der Waals surface area contributed by atoms with Crippen LogP contribution in [0.25, 0.3) is 11.3 Å². The van der Waals surface area contributed by atoms with Crippen molar-refractivity contribution in [2.45, 2.75) is 19.8 Å². The first kappa shape index (κ1) is 19.3. The molecule has 0 atom stereocenters. The van der Waals surface area contributed by atoms with Crippen LogP contribution in [0.3, 0.4) is 0 Å². The first-order valence-corrected chi connectivity index (χ1v) is 8.36. The number of halogens is 3. The average molecular weight is 390 g/mol. The van der Waals surface area contributed by atoms with Crippen LogP contribution in [-0.4, -0.2) is 22.1 Å². The van der Waals surface area contributed by atoms with Crippen molar-refractivity contribution in [1.82, 2.24) is 9.78 Å². The number of rotatable bonds is 5. The number of aromatic nitrogens is 2. The number of hydrogen-bond acceptors (Lipinski definition) is 4. The second-order valence-corrected chi connectivity index (χ2v) is 5.88. The number of nitrogens with two attached hydrogens (primary N) is 1. The molecule has 1 aromatic heterocycles. The number of nitrogens with one attached hydrogen (secondary N) is 1. The van der Waals surface area contributed by atoms with Crippen LogP contribution in [0.2, 0.25) is 0 Å². The fourth-order valence-electron chi connectivity index (χ4n) is 2.60. The van der Waals surface area contributed by atoms with E-state index in [0.717, 1.165) is 23.4 Å². The monoisotopic (exact) mass is 390 g/mol. The van der Waals surface area contributed by atoms with Crippen molar-refractivity contribution >= 4 is 17.4 Å². The first-order valence-electron chi connectivity index (χ1n) is 8.36. The van der Waals surface area contributed by atoms with Crippen molar-refractivity contribution in [2.24, 2.45) is 0 Å². The highest BCUT2D eigenvalue weighted by atomic mass is 19.4. The third-order valence-corrected chi connectivity index (χ3v) is 3.88. The molecule has 2 aromatic carbocycles. The molecule has 1 heterocycles. The predicted molar refractivity (Wildman–Crippen MR) is 98.8 cm³/mol. The Hall–Kier alpha value is -3.49. The van der Waals surface area contributed by atoms with Gasteiger partial charge in [-0.25, -0.2) is 0 Å². The third-order valence-electron chi connectivity index (χ3n) is 3.88. The van der Waals surface area contributed by atoms with Gasteiger partial charge >= 0.3 is 6.36 Å². The second kappa shape index (κ2) is 7.63. The van der Waals surface area contributed by atoms with Gasteiger partial charge in [0, 0.05) is 29.4 Å². The molecule has 28 heavy (non-hydrogen) atoms. The van der Waals surface area contributed by atoms with Crippen LogP contribution in [0.15, 0.2) is 54.6 Å². The Kier molecular flexibility index (Phi) is 5.25. The highest BCUT2D eigenvalue weighted by Crippen LogP contribution is 2.25. The van der Waals surface area contributed by atoms with Crippen LogP contribution < -0.4 is 15.8 Å². The van der Waals surface area contributed by atoms with Crippen molar-refractivity contribution in [3.63, 3.8) is 0 Å². The number of alkyl halides is 3. The van der Waals surface area contributed by atoms with E-state index in [2.05, 4.69) is 15.2 Å². The molecule has 1 amide bonds. The SMILES string of the molecule is CCn1nc(NC(=O)c2ccc(OC(F)(F)F)cc2)cc1-c1ccc(N)cc1. The van der Waals surface area contributed by atoms with Crippen LogP contribution >= 0.6 is 0 Å². The topological polar surface area (TPSA) is 82.2 Å². The molecule has 0 fully saturated rings. The quantitative estimate of drug-likeness (QED) is 0.637. The van der Waals surface area contributed by atoms with E-state index in [1.165, 1.54) is 12.1 Å². The fraction of sp³-hybridized carbons (Fsp3) is 0.158. The molecular formula is C19H17F3N4O2. The largest absolute Gasteiger partial charge is 0.573 e. The molecule has 0 aliphatic rings. The third kappa shape index (κ3) is 4.61. The maximum atomic E-state index is 12.4. The smallest absolute Gasteiger partial charge is 0.406 e. The average Bonchev–Trinajstić information content (AvgIpc) is 3.04. The summed E-state index contributed by atoms with van der Waals surface area (Å²) in [6.45, 7) is 2.50. The van der Waals surface area contributed by atoms with Gasteiger partial charge < -0.3 is 15.8 Å². The lowest BCUT2D eigenvalue weighted by Gasteiger charge is -2.09. The standard InChI is InChI=1S/C19H17F3N4O2/c1-2-26-16(12-3-7-14(23)8-4-12)11-17(25-26)24-18(27)13-5-9-15(10-6-13)28-19(20,21)22/h3-11H,2,23H2,1H3,(H,24,25,27). The molecule has 3 aromatic rings. The van der Waals surface area contributed by atoms with Crippen molar-refractivity contribution in [3.8, 4) is 17.0 Å². The molecule has 0 aliphatic carbocycles. The fourth-order valence-corrected chi connectivity index (χ4v) is 2.60. The van der Waals surface area contributed by atoms with E-state index < -0.39 is 18.0 Å². The zero-order valence-electron chi connectivity index (χ0n) is 14.8. The molecule has 0 bridgehead atoms. The normalized spacial score (nSPS) is 11.3. The maximum absolute atomic E-state index is 12.4. The number of aryl methyl sites for hydroxylation is 1. The van der Waals surface area contributed by atoms with Gasteiger partial charge in [-0.1, -0.05) is 12.1 Å². The van der Waals surface area contributed by atoms with E-state index >= 15 is 0 Å². The number of nitrogen functional groups attached to an aromatic ring is 1. The lowest BCUT2D eigenvalue weighted by Crippen LogP contribution is -2.17. The minimum Gasteiger partial charge on any atom is -0.406 e. The molecular weight excluding hydrogens is 373 g/mol. The van der Waals surface area contributed by atoms with Crippen molar-refractivity contribution in [2.75, 3.05) is 11.1 Å². The summed E-state index contributed by atoms with van der Waals surface area (Å²) >= 11 is 0. The number of carbonyl (C=O) groups is 1. The van der Waals surface area contributed by atoms with Gasteiger partial charge in [-0.05, 0) is 43.3 Å². The molecule has 0 aliphatic heterocycles. The van der Waals surface area contributed by atoms with E-state index in [1.54, 1.807) is 22.9 Å². The van der Waals surface area contributed by atoms with Crippen molar-refractivity contribution in [1.29, 1.82) is 0 Å². The minimum atomic E-state index is -4.78. The van der Waals surface area contributed by atoms with Gasteiger partial charge in [0.2, 0.25) is 0 Å². The predicted octanol–water partition coefficient (Wildman–Crippen LogP) is 4.30. The molecule has 0 saturated heterocycles. The molecule has 0 radical (unpaired) electrons. The van der Waals surface area contributed by atoms with Gasteiger partial charge in [0.25, 0.3) is 5.91 Å². The molecule has 0 saturated carbocycles. The van der Waals surface area contributed by atoms with Crippen LogP contribution in [0.5, 0.6) is 5.75 Å². The first-order chi connectivity index (χ1) is 13.2. The van der Waals surface area contributed by atoms with Gasteiger partial charge in [0.1, 0.15) is 5.75 Å². The Balaban J connectivity index is 1.76. The van der Waals surface area contributed by atoms with E-state index in [-0.39, 0.29) is 5.56 Å². The van der Waals surface area contributed by atoms with E-state index in [4.69, 9.17) is 5.73 Å². The van der Waals surface area contributed by atoms with E-state index in [0.29, 0.717) is 18.1 Å². The zero-order valence-corrected chi connectivity index (χ0v) is 14.8. The zero-order chi connectivity index (χ0) is 20.3. The lowest BCUT2D eigenvalue weighted by molar-refractivity contribution is -0.274. The van der Waals surface area contributed by atoms with Crippen LogP contribution in [0.4, 0.5) is 24.7 Å². The number of carbonyl (C=O) groups excluding carboxylic acids is 1. The van der Waals surface area contributed by atoms with Crippen LogP contribution in [0.1, 0.15) is 17.3 Å². The van der Waals surface area contributed by atoms with Gasteiger partial charge in [0.05, 0.1) is 5.69 Å². The Morgan fingerprint density at radius 2 is 1.79 bits per heavy atom. The summed E-state index contributed by atoms with van der Waals surface area (Å²) in [6, 6.07) is 13.6. The minimum absolute atomic E-state index is 0.176. The second-order valence-electron chi connectivity index (χ2n) is 5.88. The molecule has 3 rings (SSSR count). The van der Waals surface area contributed by atoms with Crippen molar-refractivity contribution in [3.05, 3.63) is 60.2 Å². The summed E-state index contributed by atoms with van der Waals surface area (Å²) in [5.41, 5.74) is 8.20. The number of nitrogens with zero attached hydrogens (tertiary/aromatic N) is 2. The van der Waals surface area contributed by atoms with Crippen LogP contribution in [0, 0.1) is 0 Å². The Labute approximate surface area is 158 Å². The summed E-state index contributed by atoms with van der Waals surface area (Å²) in [6.07, 6.45) is -4.78. The highest BCUT2D eigenvalue weighted by Gasteiger charge is 2.31. The summed E-state index contributed by atoms with van der Waals surface area (Å²) in [5, 5.41) is 6.98. The van der Waals surface area contributed by atoms with E-state index in [9.17, 15) is 18.0 Å². The van der Waals surface area contributed by atoms with Gasteiger partial charge in [-0.2, -0.15) is 5.10 Å². The number of ether oxygens (including phenoxy) is 1. The van der Waals surface area contributed by atoms with Crippen molar-refractivity contribution < 1.29 is 22.7 Å². The Bertz CT molecular complexity index is 964. The van der Waals surface area contributed by atoms with Gasteiger partial charge in [-0.3, -0.25) is 9.48 Å². The molecule has 0 spiro atoms. The number of amides is 1. The van der Waals surface area contributed by atoms with Crippen LogP contribution in [-0.2, 0) is 6.54 Å². The lowest BCUT2D eigenvalue weighted by atomic mass is 10.1. The summed E-state index contributed by atoms with van der Waals surface area (Å²) in [4.78, 5) is 12.4. The Morgan fingerprint density at radius 3 is 2.36 bits per heavy atom.